The van der Waals surface area contributed by atoms with Crippen LogP contribution in [0.15, 0.2) is 54.6 Å². The Morgan fingerprint density at radius 1 is 0.515 bits per heavy atom. The van der Waals surface area contributed by atoms with Crippen molar-refractivity contribution in [1.29, 1.82) is 0 Å². The van der Waals surface area contributed by atoms with Gasteiger partial charge in [-0.2, -0.15) is 0 Å². The average molecular weight is 449 g/mol. The Bertz CT molecular complexity index is 776. The second kappa shape index (κ2) is 17.3. The number of unbranched alkanes of at least 4 members (excludes halogenated alkanes) is 13. The van der Waals surface area contributed by atoms with Gasteiger partial charge in [0.1, 0.15) is 0 Å². The van der Waals surface area contributed by atoms with Crippen LogP contribution in [0.2, 0.25) is 0 Å². The number of rotatable bonds is 19. The van der Waals surface area contributed by atoms with Gasteiger partial charge in [0.25, 0.3) is 0 Å². The molecule has 0 aliphatic heterocycles. The van der Waals surface area contributed by atoms with Crippen LogP contribution >= 0.6 is 0 Å². The molecule has 0 saturated heterocycles. The molecule has 0 heterocycles. The highest BCUT2D eigenvalue weighted by Crippen LogP contribution is 2.15. The second-order valence-corrected chi connectivity index (χ2v) is 9.43. The lowest BCUT2D eigenvalue weighted by Crippen LogP contribution is -2.08. The fraction of sp³-hybridized carbons (Fsp3) is 0.548. The summed E-state index contributed by atoms with van der Waals surface area (Å²) in [6.07, 6.45) is 20.3. The Balaban J connectivity index is 1.49. The summed E-state index contributed by atoms with van der Waals surface area (Å²) in [6.45, 7) is 2.28. The summed E-state index contributed by atoms with van der Waals surface area (Å²) in [5.74, 6) is -0.223. The number of carbonyl (C=O) groups is 2. The molecule has 2 rings (SSSR count). The number of aryl methyl sites for hydroxylation is 1. The van der Waals surface area contributed by atoms with E-state index in [0.717, 1.165) is 6.42 Å². The lowest BCUT2D eigenvalue weighted by molar-refractivity contribution is 0.0894. The van der Waals surface area contributed by atoms with Crippen LogP contribution in [0.4, 0.5) is 0 Å². The summed E-state index contributed by atoms with van der Waals surface area (Å²) < 4.78 is 0. The summed E-state index contributed by atoms with van der Waals surface area (Å²) in [7, 11) is 0. The molecule has 0 aromatic heterocycles. The highest BCUT2D eigenvalue weighted by atomic mass is 16.1. The van der Waals surface area contributed by atoms with Gasteiger partial charge in [-0.15, -0.1) is 0 Å². The van der Waals surface area contributed by atoms with E-state index >= 15 is 0 Å². The minimum absolute atomic E-state index is 0.0671. The Kier molecular flexibility index (Phi) is 14.2. The third-order valence-electron chi connectivity index (χ3n) is 6.51. The fourth-order valence-corrected chi connectivity index (χ4v) is 4.35. The van der Waals surface area contributed by atoms with E-state index in [4.69, 9.17) is 0 Å². The zero-order valence-electron chi connectivity index (χ0n) is 20.8. The third kappa shape index (κ3) is 12.0. The highest BCUT2D eigenvalue weighted by Gasteiger charge is 2.13. The lowest BCUT2D eigenvalue weighted by atomic mass is 9.99. The van der Waals surface area contributed by atoms with Gasteiger partial charge in [0.2, 0.25) is 0 Å². The van der Waals surface area contributed by atoms with Crippen molar-refractivity contribution >= 4 is 11.6 Å². The molecule has 0 fully saturated rings. The predicted octanol–water partition coefficient (Wildman–Crippen LogP) is 9.17. The molecule has 2 nitrogen and oxygen atoms in total. The summed E-state index contributed by atoms with van der Waals surface area (Å²) >= 11 is 0. The van der Waals surface area contributed by atoms with E-state index in [1.54, 1.807) is 12.1 Å². The maximum Gasteiger partial charge on any atom is 0.170 e. The molecule has 0 aliphatic rings. The largest absolute Gasteiger partial charge is 0.294 e. The van der Waals surface area contributed by atoms with Crippen LogP contribution in [-0.4, -0.2) is 11.6 Å². The third-order valence-corrected chi connectivity index (χ3v) is 6.51. The van der Waals surface area contributed by atoms with Crippen LogP contribution in [0.1, 0.15) is 130 Å². The van der Waals surface area contributed by atoms with Crippen molar-refractivity contribution in [3.63, 3.8) is 0 Å². The summed E-state index contributed by atoms with van der Waals surface area (Å²) in [6, 6.07) is 16.9. The van der Waals surface area contributed by atoms with E-state index in [-0.39, 0.29) is 18.0 Å². The van der Waals surface area contributed by atoms with Crippen molar-refractivity contribution < 1.29 is 9.59 Å². The van der Waals surface area contributed by atoms with Crippen molar-refractivity contribution in [2.45, 2.75) is 110 Å². The standard InChI is InChI=1S/C31H44O2/c1-2-3-4-5-6-7-8-9-10-11-12-13-14-16-19-27-22-24-29(25-23-27)31(33)26-30(32)28-20-17-15-18-21-28/h15,17-18,20-25H,2-14,16,19,26H2,1H3. The molecule has 0 spiro atoms. The molecule has 0 unspecified atom stereocenters. The number of hydrogen-bond donors (Lipinski definition) is 0. The minimum Gasteiger partial charge on any atom is -0.294 e. The molecule has 0 amide bonds. The van der Waals surface area contributed by atoms with Gasteiger partial charge in [0.05, 0.1) is 6.42 Å². The van der Waals surface area contributed by atoms with E-state index in [2.05, 4.69) is 6.92 Å². The first-order valence-corrected chi connectivity index (χ1v) is 13.4. The maximum absolute atomic E-state index is 12.4. The first-order valence-electron chi connectivity index (χ1n) is 13.4. The van der Waals surface area contributed by atoms with Crippen LogP contribution in [0.5, 0.6) is 0 Å². The summed E-state index contributed by atoms with van der Waals surface area (Å²) in [5, 5.41) is 0. The van der Waals surface area contributed by atoms with Gasteiger partial charge in [-0.3, -0.25) is 9.59 Å². The van der Waals surface area contributed by atoms with Crippen molar-refractivity contribution in [2.24, 2.45) is 0 Å². The van der Waals surface area contributed by atoms with E-state index in [1.165, 1.54) is 95.5 Å². The van der Waals surface area contributed by atoms with Gasteiger partial charge in [-0.25, -0.2) is 0 Å². The van der Waals surface area contributed by atoms with Gasteiger partial charge in [-0.1, -0.05) is 145 Å². The Morgan fingerprint density at radius 3 is 1.42 bits per heavy atom. The zero-order valence-corrected chi connectivity index (χ0v) is 20.8. The topological polar surface area (TPSA) is 34.1 Å². The van der Waals surface area contributed by atoms with Crippen molar-refractivity contribution in [2.75, 3.05) is 0 Å². The van der Waals surface area contributed by atoms with Crippen LogP contribution in [0.25, 0.3) is 0 Å². The molecule has 2 aromatic carbocycles. The SMILES string of the molecule is CCCCCCCCCCCCCCCCc1ccc(C(=O)CC(=O)c2ccccc2)cc1. The van der Waals surface area contributed by atoms with Crippen molar-refractivity contribution in [3.8, 4) is 0 Å². The molecule has 0 atom stereocenters. The van der Waals surface area contributed by atoms with Crippen LogP contribution in [0, 0.1) is 0 Å². The second-order valence-electron chi connectivity index (χ2n) is 9.43. The average Bonchev–Trinajstić information content (AvgIpc) is 2.85. The van der Waals surface area contributed by atoms with E-state index in [1.807, 2.05) is 42.5 Å². The zero-order chi connectivity index (χ0) is 23.6. The lowest BCUT2D eigenvalue weighted by Gasteiger charge is -2.05. The molecular formula is C31H44O2. The molecule has 0 N–H and O–H groups in total. The predicted molar refractivity (Wildman–Crippen MR) is 140 cm³/mol. The molecule has 2 aromatic rings. The number of ketones is 2. The maximum atomic E-state index is 12.4. The van der Waals surface area contributed by atoms with Crippen molar-refractivity contribution in [3.05, 3.63) is 71.3 Å². The molecular weight excluding hydrogens is 404 g/mol. The van der Waals surface area contributed by atoms with Gasteiger partial charge in [0.15, 0.2) is 11.6 Å². The molecule has 180 valence electrons. The molecule has 0 aliphatic carbocycles. The van der Waals surface area contributed by atoms with Crippen LogP contribution in [0.3, 0.4) is 0 Å². The van der Waals surface area contributed by atoms with E-state index in [0.29, 0.717) is 11.1 Å². The number of benzene rings is 2. The van der Waals surface area contributed by atoms with Gasteiger partial charge in [-0.05, 0) is 18.4 Å². The van der Waals surface area contributed by atoms with Gasteiger partial charge >= 0.3 is 0 Å². The minimum atomic E-state index is -0.118. The molecule has 0 saturated carbocycles. The van der Waals surface area contributed by atoms with Gasteiger partial charge < -0.3 is 0 Å². The quantitative estimate of drug-likeness (QED) is 0.122. The number of hydrogen-bond acceptors (Lipinski definition) is 2. The van der Waals surface area contributed by atoms with Crippen LogP contribution < -0.4 is 0 Å². The molecule has 33 heavy (non-hydrogen) atoms. The Hall–Kier alpha value is -2.22. The fourth-order valence-electron chi connectivity index (χ4n) is 4.35. The first-order chi connectivity index (χ1) is 16.2. The summed E-state index contributed by atoms with van der Waals surface area (Å²) in [4.78, 5) is 24.6. The van der Waals surface area contributed by atoms with Crippen molar-refractivity contribution in [1.82, 2.24) is 0 Å². The Morgan fingerprint density at radius 2 is 0.939 bits per heavy atom. The molecule has 2 heteroatoms. The number of carbonyl (C=O) groups excluding carboxylic acids is 2. The smallest absolute Gasteiger partial charge is 0.170 e. The summed E-state index contributed by atoms with van der Waals surface area (Å²) in [5.41, 5.74) is 2.50. The van der Waals surface area contributed by atoms with E-state index in [9.17, 15) is 9.59 Å². The monoisotopic (exact) mass is 448 g/mol. The first kappa shape index (κ1) is 27.0. The number of Topliss-reactive ketones (excluding diaryl/α,β-unsaturated/α-hetero) is 2. The van der Waals surface area contributed by atoms with Crippen LogP contribution in [-0.2, 0) is 6.42 Å². The molecule has 0 radical (unpaired) electrons. The highest BCUT2D eigenvalue weighted by molar-refractivity contribution is 6.13. The van der Waals surface area contributed by atoms with Gasteiger partial charge in [0, 0.05) is 11.1 Å². The molecule has 0 bridgehead atoms. The Labute approximate surface area is 202 Å². The van der Waals surface area contributed by atoms with E-state index < -0.39 is 0 Å². The normalized spacial score (nSPS) is 10.9.